The highest BCUT2D eigenvalue weighted by atomic mass is 79.9. The van der Waals surface area contributed by atoms with E-state index in [1.807, 2.05) is 12.1 Å². The molecule has 106 valence electrons. The number of carbonyl (C=O) groups is 1. The van der Waals surface area contributed by atoms with Gasteiger partial charge in [0.15, 0.2) is 3.92 Å². The zero-order valence-corrected chi connectivity index (χ0v) is 13.9. The van der Waals surface area contributed by atoms with Crippen molar-refractivity contribution in [1.82, 2.24) is 4.98 Å². The van der Waals surface area contributed by atoms with Crippen LogP contribution in [-0.4, -0.2) is 17.6 Å². The van der Waals surface area contributed by atoms with Gasteiger partial charge in [-0.2, -0.15) is 0 Å². The Morgan fingerprint density at radius 3 is 2.60 bits per heavy atom. The molecule has 0 bridgehead atoms. The molecular formula is C15H16BrNO2S. The normalized spacial score (nSPS) is 10.6. The molecule has 0 aliphatic carbocycles. The molecule has 3 nitrogen and oxygen atoms in total. The van der Waals surface area contributed by atoms with Crippen molar-refractivity contribution in [3.8, 4) is 11.3 Å². The number of halogens is 1. The number of aryl methyl sites for hydroxylation is 1. The standard InChI is InChI=1S/C15H16BrNO2S/c1-3-5-10-6-8-11(9-7-10)12-13(14(18)19-4-2)20-15(16)17-12/h6-9H,3-5H2,1-2H3. The molecule has 20 heavy (non-hydrogen) atoms. The first-order valence-corrected chi connectivity index (χ1v) is 8.19. The molecule has 0 radical (unpaired) electrons. The van der Waals surface area contributed by atoms with Crippen molar-refractivity contribution in [2.75, 3.05) is 6.61 Å². The SMILES string of the molecule is CCCc1ccc(-c2nc(Br)sc2C(=O)OCC)cc1. The third-order valence-electron chi connectivity index (χ3n) is 2.83. The monoisotopic (exact) mass is 353 g/mol. The summed E-state index contributed by atoms with van der Waals surface area (Å²) in [5, 5.41) is 0. The number of rotatable bonds is 5. The van der Waals surface area contributed by atoms with E-state index in [1.165, 1.54) is 16.9 Å². The number of esters is 1. The van der Waals surface area contributed by atoms with Gasteiger partial charge in [0.25, 0.3) is 0 Å². The number of thiazole rings is 1. The minimum atomic E-state index is -0.316. The molecule has 2 rings (SSSR count). The number of hydrogen-bond donors (Lipinski definition) is 0. The fourth-order valence-electron chi connectivity index (χ4n) is 1.94. The minimum absolute atomic E-state index is 0.316. The molecule has 1 heterocycles. The van der Waals surface area contributed by atoms with E-state index in [1.54, 1.807) is 6.92 Å². The van der Waals surface area contributed by atoms with Crippen molar-refractivity contribution in [3.05, 3.63) is 38.6 Å². The molecule has 0 aliphatic heterocycles. The Labute approximate surface area is 131 Å². The van der Waals surface area contributed by atoms with Crippen LogP contribution in [0.5, 0.6) is 0 Å². The lowest BCUT2D eigenvalue weighted by molar-refractivity contribution is 0.0532. The van der Waals surface area contributed by atoms with Crippen molar-refractivity contribution in [3.63, 3.8) is 0 Å². The predicted molar refractivity (Wildman–Crippen MR) is 85.2 cm³/mol. The van der Waals surface area contributed by atoms with Gasteiger partial charge in [-0.25, -0.2) is 9.78 Å². The van der Waals surface area contributed by atoms with Crippen LogP contribution in [0.2, 0.25) is 0 Å². The van der Waals surface area contributed by atoms with Crippen molar-refractivity contribution < 1.29 is 9.53 Å². The Morgan fingerprint density at radius 2 is 2.00 bits per heavy atom. The van der Waals surface area contributed by atoms with Crippen LogP contribution in [0.25, 0.3) is 11.3 Å². The summed E-state index contributed by atoms with van der Waals surface area (Å²) < 4.78 is 5.76. The average Bonchev–Trinajstić information content (AvgIpc) is 2.82. The Hall–Kier alpha value is -1.20. The Balaban J connectivity index is 2.34. The number of carbonyl (C=O) groups excluding carboxylic acids is 1. The summed E-state index contributed by atoms with van der Waals surface area (Å²) in [4.78, 5) is 16.9. The Morgan fingerprint density at radius 1 is 1.30 bits per heavy atom. The predicted octanol–water partition coefficient (Wildman–Crippen LogP) is 4.70. The van der Waals surface area contributed by atoms with E-state index in [4.69, 9.17) is 4.74 Å². The van der Waals surface area contributed by atoms with Crippen LogP contribution in [0.1, 0.15) is 35.5 Å². The third kappa shape index (κ3) is 3.46. The molecule has 0 amide bonds. The second kappa shape index (κ2) is 6.99. The molecule has 1 aromatic carbocycles. The molecule has 0 aliphatic rings. The van der Waals surface area contributed by atoms with Crippen molar-refractivity contribution in [1.29, 1.82) is 0 Å². The van der Waals surface area contributed by atoms with Gasteiger partial charge in [0.05, 0.1) is 12.3 Å². The summed E-state index contributed by atoms with van der Waals surface area (Å²) in [6.07, 6.45) is 2.18. The van der Waals surface area contributed by atoms with Gasteiger partial charge in [-0.15, -0.1) is 0 Å². The van der Waals surface area contributed by atoms with Gasteiger partial charge >= 0.3 is 5.97 Å². The molecule has 0 fully saturated rings. The van der Waals surface area contributed by atoms with Crippen LogP contribution in [0, 0.1) is 0 Å². The maximum absolute atomic E-state index is 11.9. The topological polar surface area (TPSA) is 39.2 Å². The van der Waals surface area contributed by atoms with Crippen molar-refractivity contribution in [2.45, 2.75) is 26.7 Å². The van der Waals surface area contributed by atoms with Gasteiger partial charge in [-0.3, -0.25) is 0 Å². The molecule has 0 saturated carbocycles. The van der Waals surface area contributed by atoms with Crippen LogP contribution in [0.3, 0.4) is 0 Å². The number of aromatic nitrogens is 1. The molecule has 0 saturated heterocycles. The minimum Gasteiger partial charge on any atom is -0.462 e. The lowest BCUT2D eigenvalue weighted by atomic mass is 10.1. The lowest BCUT2D eigenvalue weighted by Gasteiger charge is -2.04. The molecular weight excluding hydrogens is 338 g/mol. The zero-order chi connectivity index (χ0) is 14.5. The molecule has 1 aromatic heterocycles. The quantitative estimate of drug-likeness (QED) is 0.731. The lowest BCUT2D eigenvalue weighted by Crippen LogP contribution is -2.04. The van der Waals surface area contributed by atoms with E-state index in [0.717, 1.165) is 18.4 Å². The fourth-order valence-corrected chi connectivity index (χ4v) is 3.31. The van der Waals surface area contributed by atoms with E-state index in [-0.39, 0.29) is 5.97 Å². The van der Waals surface area contributed by atoms with Crippen LogP contribution in [0.15, 0.2) is 28.2 Å². The van der Waals surface area contributed by atoms with Gasteiger partial charge in [-0.05, 0) is 34.8 Å². The molecule has 5 heteroatoms. The summed E-state index contributed by atoms with van der Waals surface area (Å²) in [5.74, 6) is -0.316. The number of hydrogen-bond acceptors (Lipinski definition) is 4. The molecule has 2 aromatic rings. The van der Waals surface area contributed by atoms with Gasteiger partial charge in [-0.1, -0.05) is 48.9 Å². The first-order chi connectivity index (χ1) is 9.65. The van der Waals surface area contributed by atoms with E-state index < -0.39 is 0 Å². The van der Waals surface area contributed by atoms with E-state index >= 15 is 0 Å². The molecule has 0 N–H and O–H groups in total. The highest BCUT2D eigenvalue weighted by Gasteiger charge is 2.19. The maximum Gasteiger partial charge on any atom is 0.350 e. The maximum atomic E-state index is 11.9. The largest absolute Gasteiger partial charge is 0.462 e. The van der Waals surface area contributed by atoms with E-state index in [0.29, 0.717) is 21.1 Å². The summed E-state index contributed by atoms with van der Waals surface area (Å²) in [5.41, 5.74) is 2.92. The van der Waals surface area contributed by atoms with Crippen LogP contribution in [0.4, 0.5) is 0 Å². The fraction of sp³-hybridized carbons (Fsp3) is 0.333. The van der Waals surface area contributed by atoms with Gasteiger partial charge in [0, 0.05) is 5.56 Å². The molecule has 0 atom stereocenters. The van der Waals surface area contributed by atoms with Crippen LogP contribution < -0.4 is 0 Å². The van der Waals surface area contributed by atoms with E-state index in [2.05, 4.69) is 40.0 Å². The average molecular weight is 354 g/mol. The van der Waals surface area contributed by atoms with Crippen LogP contribution in [-0.2, 0) is 11.2 Å². The summed E-state index contributed by atoms with van der Waals surface area (Å²) >= 11 is 4.64. The Kier molecular flexibility index (Phi) is 5.31. The summed E-state index contributed by atoms with van der Waals surface area (Å²) in [6, 6.07) is 8.19. The van der Waals surface area contributed by atoms with Gasteiger partial charge < -0.3 is 4.74 Å². The molecule has 0 spiro atoms. The van der Waals surface area contributed by atoms with Crippen molar-refractivity contribution in [2.24, 2.45) is 0 Å². The summed E-state index contributed by atoms with van der Waals surface area (Å²) in [7, 11) is 0. The van der Waals surface area contributed by atoms with Gasteiger partial charge in [0.1, 0.15) is 4.88 Å². The number of ether oxygens (including phenoxy) is 1. The van der Waals surface area contributed by atoms with E-state index in [9.17, 15) is 4.79 Å². The highest BCUT2D eigenvalue weighted by molar-refractivity contribution is 9.11. The third-order valence-corrected chi connectivity index (χ3v) is 4.31. The smallest absolute Gasteiger partial charge is 0.350 e. The molecule has 0 unspecified atom stereocenters. The second-order valence-corrected chi connectivity index (χ2v) is 6.59. The number of nitrogens with zero attached hydrogens (tertiary/aromatic N) is 1. The highest BCUT2D eigenvalue weighted by Crippen LogP contribution is 2.32. The van der Waals surface area contributed by atoms with Gasteiger partial charge in [0.2, 0.25) is 0 Å². The Bertz CT molecular complexity index is 592. The zero-order valence-electron chi connectivity index (χ0n) is 11.5. The second-order valence-electron chi connectivity index (χ2n) is 4.31. The summed E-state index contributed by atoms with van der Waals surface area (Å²) in [6.45, 7) is 4.32. The first kappa shape index (κ1) is 15.2. The van der Waals surface area contributed by atoms with Crippen LogP contribution >= 0.6 is 27.3 Å². The first-order valence-electron chi connectivity index (χ1n) is 6.58. The van der Waals surface area contributed by atoms with Crippen molar-refractivity contribution >= 4 is 33.2 Å². The number of benzene rings is 1.